The smallest absolute Gasteiger partial charge is 0.253 e. The molecule has 2 saturated heterocycles. The third kappa shape index (κ3) is 7.07. The minimum atomic E-state index is -0.0448. The molecule has 1 aromatic carbocycles. The van der Waals surface area contributed by atoms with Gasteiger partial charge in [-0.05, 0) is 61.9 Å². The number of aromatic nitrogens is 3. The van der Waals surface area contributed by atoms with Crippen molar-refractivity contribution in [3.8, 4) is 0 Å². The van der Waals surface area contributed by atoms with Crippen LogP contribution >= 0.6 is 0 Å². The first kappa shape index (κ1) is 26.1. The SMILES string of the molecule is CC1(C)CCN(Cc2ccc(C(=O)NC3CCN(c4cc(NCc5ccccc5)ncn4)CC3)cn2)CC1. The number of carbonyl (C=O) groups excluding carboxylic acids is 1. The second kappa shape index (κ2) is 11.9. The van der Waals surface area contributed by atoms with E-state index in [1.54, 1.807) is 12.5 Å². The molecule has 3 aromatic rings. The quantitative estimate of drug-likeness (QED) is 0.459. The molecule has 4 heterocycles. The molecule has 2 N–H and O–H groups in total. The number of nitrogens with one attached hydrogen (secondary N) is 2. The molecule has 1 amide bonds. The summed E-state index contributed by atoms with van der Waals surface area (Å²) in [6, 6.07) is 16.3. The maximum atomic E-state index is 12.9. The van der Waals surface area contributed by atoms with Gasteiger partial charge < -0.3 is 15.5 Å². The minimum Gasteiger partial charge on any atom is -0.366 e. The first-order chi connectivity index (χ1) is 18.4. The van der Waals surface area contributed by atoms with E-state index >= 15 is 0 Å². The number of hydrogen-bond acceptors (Lipinski definition) is 7. The van der Waals surface area contributed by atoms with E-state index in [-0.39, 0.29) is 11.9 Å². The molecule has 5 rings (SSSR count). The second-order valence-electron chi connectivity index (χ2n) is 11.3. The van der Waals surface area contributed by atoms with Gasteiger partial charge in [0, 0.05) is 44.5 Å². The van der Waals surface area contributed by atoms with Gasteiger partial charge in [-0.25, -0.2) is 9.97 Å². The van der Waals surface area contributed by atoms with Crippen LogP contribution in [0.1, 0.15) is 61.1 Å². The van der Waals surface area contributed by atoms with Gasteiger partial charge in [-0.1, -0.05) is 44.2 Å². The zero-order valence-corrected chi connectivity index (χ0v) is 22.6. The van der Waals surface area contributed by atoms with E-state index in [2.05, 4.69) is 61.4 Å². The van der Waals surface area contributed by atoms with Crippen molar-refractivity contribution in [3.63, 3.8) is 0 Å². The van der Waals surface area contributed by atoms with Crippen molar-refractivity contribution in [2.24, 2.45) is 5.41 Å². The lowest BCUT2D eigenvalue weighted by atomic mass is 9.83. The summed E-state index contributed by atoms with van der Waals surface area (Å²) >= 11 is 0. The van der Waals surface area contributed by atoms with Gasteiger partial charge in [0.2, 0.25) is 0 Å². The molecule has 0 saturated carbocycles. The Hall–Kier alpha value is -3.52. The number of anilines is 2. The molecule has 0 aliphatic carbocycles. The van der Waals surface area contributed by atoms with Crippen molar-refractivity contribution in [2.45, 2.75) is 58.7 Å². The number of likely N-dealkylation sites (tertiary alicyclic amines) is 1. The lowest BCUT2D eigenvalue weighted by molar-refractivity contribution is 0.0930. The topological polar surface area (TPSA) is 86.3 Å². The lowest BCUT2D eigenvalue weighted by Crippen LogP contribution is -2.45. The molecular formula is C30H39N7O. The number of benzene rings is 1. The fraction of sp³-hybridized carbons (Fsp3) is 0.467. The molecule has 2 aromatic heterocycles. The number of rotatable bonds is 8. The molecule has 200 valence electrons. The van der Waals surface area contributed by atoms with Crippen molar-refractivity contribution < 1.29 is 4.79 Å². The lowest BCUT2D eigenvalue weighted by Gasteiger charge is -2.36. The van der Waals surface area contributed by atoms with Crippen molar-refractivity contribution in [3.05, 3.63) is 77.9 Å². The van der Waals surface area contributed by atoms with Gasteiger partial charge in [-0.15, -0.1) is 0 Å². The standard InChI is InChI=1S/C30H39N7O/c1-30(2)12-16-36(17-13-30)21-26-9-8-24(20-31-26)29(38)35-25-10-14-37(15-11-25)28-18-27(33-22-34-28)32-19-23-6-4-3-5-7-23/h3-9,18,20,22,25H,10-17,19,21H2,1-2H3,(H,35,38)(H,32,33,34). The molecule has 0 atom stereocenters. The highest BCUT2D eigenvalue weighted by Gasteiger charge is 2.26. The van der Waals surface area contributed by atoms with Crippen LogP contribution in [0.5, 0.6) is 0 Å². The summed E-state index contributed by atoms with van der Waals surface area (Å²) in [5, 5.41) is 6.59. The van der Waals surface area contributed by atoms with Crippen molar-refractivity contribution >= 4 is 17.5 Å². The molecule has 2 aliphatic heterocycles. The maximum Gasteiger partial charge on any atom is 0.253 e. The van der Waals surface area contributed by atoms with Gasteiger partial charge in [-0.3, -0.25) is 14.7 Å². The molecule has 0 bridgehead atoms. The van der Waals surface area contributed by atoms with Crippen LogP contribution in [0.2, 0.25) is 0 Å². The zero-order valence-electron chi connectivity index (χ0n) is 22.6. The highest BCUT2D eigenvalue weighted by molar-refractivity contribution is 5.94. The summed E-state index contributed by atoms with van der Waals surface area (Å²) in [5.41, 5.74) is 3.30. The summed E-state index contributed by atoms with van der Waals surface area (Å²) in [5.74, 6) is 1.68. The Kier molecular flexibility index (Phi) is 8.17. The Morgan fingerprint density at radius 2 is 1.74 bits per heavy atom. The first-order valence-corrected chi connectivity index (χ1v) is 13.8. The van der Waals surface area contributed by atoms with Crippen LogP contribution in [0.25, 0.3) is 0 Å². The van der Waals surface area contributed by atoms with Gasteiger partial charge in [0.15, 0.2) is 0 Å². The van der Waals surface area contributed by atoms with Crippen LogP contribution < -0.4 is 15.5 Å². The predicted octanol–water partition coefficient (Wildman–Crippen LogP) is 4.50. The van der Waals surface area contributed by atoms with E-state index in [9.17, 15) is 4.79 Å². The van der Waals surface area contributed by atoms with Crippen LogP contribution in [0.15, 0.2) is 61.1 Å². The Morgan fingerprint density at radius 1 is 0.974 bits per heavy atom. The fourth-order valence-electron chi connectivity index (χ4n) is 5.12. The Balaban J connectivity index is 1.07. The number of carbonyl (C=O) groups is 1. The average Bonchev–Trinajstić information content (AvgIpc) is 2.94. The van der Waals surface area contributed by atoms with Crippen molar-refractivity contribution in [2.75, 3.05) is 36.4 Å². The minimum absolute atomic E-state index is 0.0448. The third-order valence-electron chi connectivity index (χ3n) is 7.81. The molecule has 2 fully saturated rings. The van der Waals surface area contributed by atoms with Crippen LogP contribution in [0.4, 0.5) is 11.6 Å². The second-order valence-corrected chi connectivity index (χ2v) is 11.3. The fourth-order valence-corrected chi connectivity index (χ4v) is 5.12. The Labute approximate surface area is 225 Å². The van der Waals surface area contributed by atoms with E-state index in [0.717, 1.165) is 69.4 Å². The monoisotopic (exact) mass is 513 g/mol. The molecule has 8 nitrogen and oxygen atoms in total. The van der Waals surface area contributed by atoms with Crippen LogP contribution in [-0.2, 0) is 13.1 Å². The molecular weight excluding hydrogens is 474 g/mol. The third-order valence-corrected chi connectivity index (χ3v) is 7.81. The van der Waals surface area contributed by atoms with Crippen molar-refractivity contribution in [1.29, 1.82) is 0 Å². The van der Waals surface area contributed by atoms with Crippen LogP contribution in [0, 0.1) is 5.41 Å². The number of hydrogen-bond donors (Lipinski definition) is 2. The van der Waals surface area contributed by atoms with Gasteiger partial charge in [0.1, 0.15) is 18.0 Å². The summed E-state index contributed by atoms with van der Waals surface area (Å²) in [4.78, 5) is 31.0. The molecule has 0 spiro atoms. The van der Waals surface area contributed by atoms with E-state index in [0.29, 0.717) is 11.0 Å². The number of amides is 1. The van der Waals surface area contributed by atoms with E-state index in [4.69, 9.17) is 0 Å². The molecule has 8 heteroatoms. The van der Waals surface area contributed by atoms with Gasteiger partial charge >= 0.3 is 0 Å². The first-order valence-electron chi connectivity index (χ1n) is 13.8. The van der Waals surface area contributed by atoms with Crippen LogP contribution in [0.3, 0.4) is 0 Å². The van der Waals surface area contributed by atoms with E-state index in [1.807, 2.05) is 36.4 Å². The zero-order chi connectivity index (χ0) is 26.4. The molecule has 2 aliphatic rings. The molecule has 0 unspecified atom stereocenters. The number of pyridine rings is 1. The van der Waals surface area contributed by atoms with Crippen LogP contribution in [-0.4, -0.2) is 58.0 Å². The van der Waals surface area contributed by atoms with Crippen molar-refractivity contribution in [1.82, 2.24) is 25.2 Å². The largest absolute Gasteiger partial charge is 0.366 e. The summed E-state index contributed by atoms with van der Waals surface area (Å²) in [7, 11) is 0. The Morgan fingerprint density at radius 3 is 2.45 bits per heavy atom. The normalized spacial score (nSPS) is 18.2. The maximum absolute atomic E-state index is 12.9. The van der Waals surface area contributed by atoms with Gasteiger partial charge in [0.05, 0.1) is 11.3 Å². The predicted molar refractivity (Wildman–Crippen MR) is 151 cm³/mol. The molecule has 38 heavy (non-hydrogen) atoms. The average molecular weight is 514 g/mol. The Bertz CT molecular complexity index is 1180. The summed E-state index contributed by atoms with van der Waals surface area (Å²) < 4.78 is 0. The van der Waals surface area contributed by atoms with E-state index in [1.165, 1.54) is 18.4 Å². The highest BCUT2D eigenvalue weighted by Crippen LogP contribution is 2.30. The van der Waals surface area contributed by atoms with E-state index < -0.39 is 0 Å². The molecule has 0 radical (unpaired) electrons. The highest BCUT2D eigenvalue weighted by atomic mass is 16.1. The van der Waals surface area contributed by atoms with Gasteiger partial charge in [0.25, 0.3) is 5.91 Å². The number of piperidine rings is 2. The van der Waals surface area contributed by atoms with Gasteiger partial charge in [-0.2, -0.15) is 0 Å². The summed E-state index contributed by atoms with van der Waals surface area (Å²) in [6.45, 7) is 10.1. The summed E-state index contributed by atoms with van der Waals surface area (Å²) in [6.07, 6.45) is 7.52. The number of nitrogens with zero attached hydrogens (tertiary/aromatic N) is 5.